The van der Waals surface area contributed by atoms with E-state index in [-0.39, 0.29) is 5.78 Å². The quantitative estimate of drug-likeness (QED) is 0.515. The molecule has 3 nitrogen and oxygen atoms in total. The van der Waals surface area contributed by atoms with Crippen LogP contribution in [0, 0.1) is 5.92 Å². The van der Waals surface area contributed by atoms with Gasteiger partial charge in [-0.15, -0.1) is 0 Å². The van der Waals surface area contributed by atoms with Gasteiger partial charge in [-0.1, -0.05) is 24.3 Å². The van der Waals surface area contributed by atoms with Gasteiger partial charge in [0.1, 0.15) is 5.92 Å². The van der Waals surface area contributed by atoms with Crippen LogP contribution in [0.15, 0.2) is 24.3 Å². The van der Waals surface area contributed by atoms with Crippen molar-refractivity contribution in [1.29, 1.82) is 0 Å². The first-order valence-corrected chi connectivity index (χ1v) is 4.94. The summed E-state index contributed by atoms with van der Waals surface area (Å²) >= 11 is 0. The molecule has 1 aromatic carbocycles. The highest BCUT2D eigenvalue weighted by molar-refractivity contribution is 6.10. The number of carbonyl (C=O) groups excluding carboxylic acids is 2. The van der Waals surface area contributed by atoms with E-state index in [1.165, 1.54) is 7.11 Å². The first kappa shape index (κ1) is 9.90. The maximum atomic E-state index is 11.9. The van der Waals surface area contributed by atoms with Crippen molar-refractivity contribution in [3.05, 3.63) is 35.4 Å². The molecule has 2 rings (SSSR count). The van der Waals surface area contributed by atoms with Crippen LogP contribution in [0.3, 0.4) is 0 Å². The number of aryl methyl sites for hydroxylation is 1. The minimum atomic E-state index is -0.607. The zero-order valence-corrected chi connectivity index (χ0v) is 8.53. The molecule has 1 aliphatic carbocycles. The normalized spacial score (nSPS) is 19.5. The first-order chi connectivity index (χ1) is 7.24. The molecule has 3 heteroatoms. The number of benzene rings is 1. The largest absolute Gasteiger partial charge is 0.468 e. The zero-order valence-electron chi connectivity index (χ0n) is 8.53. The fraction of sp³-hybridized carbons (Fsp3) is 0.333. The molecule has 0 unspecified atom stereocenters. The van der Waals surface area contributed by atoms with Gasteiger partial charge in [0.2, 0.25) is 0 Å². The lowest BCUT2D eigenvalue weighted by Gasteiger charge is -2.20. The molecular formula is C12H12O3. The Kier molecular flexibility index (Phi) is 2.54. The molecule has 0 N–H and O–H groups in total. The topological polar surface area (TPSA) is 43.4 Å². The van der Waals surface area contributed by atoms with Gasteiger partial charge in [0.15, 0.2) is 5.78 Å². The highest BCUT2D eigenvalue weighted by atomic mass is 16.5. The average molecular weight is 204 g/mol. The molecule has 1 aromatic rings. The molecule has 15 heavy (non-hydrogen) atoms. The molecule has 0 spiro atoms. The van der Waals surface area contributed by atoms with Crippen molar-refractivity contribution in [3.8, 4) is 0 Å². The number of hydrogen-bond acceptors (Lipinski definition) is 3. The lowest BCUT2D eigenvalue weighted by atomic mass is 9.83. The smallest absolute Gasteiger partial charge is 0.316 e. The fourth-order valence-corrected chi connectivity index (χ4v) is 1.96. The van der Waals surface area contributed by atoms with E-state index in [1.807, 2.05) is 18.2 Å². The summed E-state index contributed by atoms with van der Waals surface area (Å²) in [6, 6.07) is 7.43. The Morgan fingerprint density at radius 1 is 1.40 bits per heavy atom. The molecule has 0 bridgehead atoms. The van der Waals surface area contributed by atoms with Crippen LogP contribution in [0.2, 0.25) is 0 Å². The molecule has 0 heterocycles. The number of Topliss-reactive ketones (excluding diaryl/α,β-unsaturated/α-hetero) is 1. The third-order valence-electron chi connectivity index (χ3n) is 2.79. The number of ether oxygens (including phenoxy) is 1. The van der Waals surface area contributed by atoms with Gasteiger partial charge in [-0.2, -0.15) is 0 Å². The maximum absolute atomic E-state index is 11.9. The van der Waals surface area contributed by atoms with E-state index in [4.69, 9.17) is 0 Å². The Bertz CT molecular complexity index is 409. The molecule has 0 amide bonds. The Hall–Kier alpha value is -1.64. The molecule has 0 aliphatic heterocycles. The van der Waals surface area contributed by atoms with E-state index in [0.29, 0.717) is 12.0 Å². The summed E-state index contributed by atoms with van der Waals surface area (Å²) in [4.78, 5) is 23.3. The van der Waals surface area contributed by atoms with Gasteiger partial charge in [0.25, 0.3) is 0 Å². The molecule has 1 atom stereocenters. The molecule has 78 valence electrons. The maximum Gasteiger partial charge on any atom is 0.316 e. The SMILES string of the molecule is COC(=O)[C@@H]1CCc2ccccc2C1=O. The number of rotatable bonds is 1. The third-order valence-corrected chi connectivity index (χ3v) is 2.79. The summed E-state index contributed by atoms with van der Waals surface area (Å²) in [5.41, 5.74) is 1.70. The predicted molar refractivity (Wildman–Crippen MR) is 54.6 cm³/mol. The molecule has 0 radical (unpaired) electrons. The van der Waals surface area contributed by atoms with Gasteiger partial charge in [0.05, 0.1) is 7.11 Å². The fourth-order valence-electron chi connectivity index (χ4n) is 1.96. The van der Waals surface area contributed by atoms with Crippen molar-refractivity contribution >= 4 is 11.8 Å². The second kappa shape index (κ2) is 3.85. The van der Waals surface area contributed by atoms with Crippen LogP contribution >= 0.6 is 0 Å². The molecule has 0 aromatic heterocycles. The summed E-state index contributed by atoms with van der Waals surface area (Å²) in [5.74, 6) is -1.14. The summed E-state index contributed by atoms with van der Waals surface area (Å²) in [6.45, 7) is 0. The van der Waals surface area contributed by atoms with Crippen molar-refractivity contribution in [2.24, 2.45) is 5.92 Å². The molecule has 1 aliphatic rings. The summed E-state index contributed by atoms with van der Waals surface area (Å²) in [5, 5.41) is 0. The van der Waals surface area contributed by atoms with E-state index in [9.17, 15) is 9.59 Å². The standard InChI is InChI=1S/C12H12O3/c1-15-12(14)10-7-6-8-4-2-3-5-9(8)11(10)13/h2-5,10H,6-7H2,1H3/t10-/m1/s1. The summed E-state index contributed by atoms with van der Waals surface area (Å²) < 4.78 is 4.62. The Labute approximate surface area is 88.1 Å². The average Bonchev–Trinajstić information content (AvgIpc) is 2.29. The Balaban J connectivity index is 2.34. The second-order valence-corrected chi connectivity index (χ2v) is 3.64. The van der Waals surface area contributed by atoms with Crippen molar-refractivity contribution < 1.29 is 14.3 Å². The van der Waals surface area contributed by atoms with Gasteiger partial charge >= 0.3 is 5.97 Å². The third kappa shape index (κ3) is 1.65. The van der Waals surface area contributed by atoms with Crippen LogP contribution in [-0.4, -0.2) is 18.9 Å². The van der Waals surface area contributed by atoms with Crippen LogP contribution in [0.4, 0.5) is 0 Å². The minimum Gasteiger partial charge on any atom is -0.468 e. The summed E-state index contributed by atoms with van der Waals surface area (Å²) in [6.07, 6.45) is 1.32. The van der Waals surface area contributed by atoms with Crippen molar-refractivity contribution in [2.45, 2.75) is 12.8 Å². The van der Waals surface area contributed by atoms with E-state index in [2.05, 4.69) is 4.74 Å². The number of carbonyl (C=O) groups is 2. The van der Waals surface area contributed by atoms with E-state index in [0.717, 1.165) is 12.0 Å². The minimum absolute atomic E-state index is 0.108. The molecule has 0 fully saturated rings. The number of methoxy groups -OCH3 is 1. The molecule has 0 saturated heterocycles. The van der Waals surface area contributed by atoms with Crippen LogP contribution in [0.1, 0.15) is 22.3 Å². The van der Waals surface area contributed by atoms with Crippen molar-refractivity contribution in [3.63, 3.8) is 0 Å². The molecular weight excluding hydrogens is 192 g/mol. The highest BCUT2D eigenvalue weighted by Crippen LogP contribution is 2.25. The van der Waals surface area contributed by atoms with Gasteiger partial charge in [-0.05, 0) is 18.4 Å². The zero-order chi connectivity index (χ0) is 10.8. The van der Waals surface area contributed by atoms with Crippen molar-refractivity contribution in [2.75, 3.05) is 7.11 Å². The Morgan fingerprint density at radius 2 is 2.13 bits per heavy atom. The number of esters is 1. The van der Waals surface area contributed by atoms with Gasteiger partial charge in [-0.3, -0.25) is 9.59 Å². The summed E-state index contributed by atoms with van der Waals surface area (Å²) in [7, 11) is 1.32. The lowest BCUT2D eigenvalue weighted by molar-refractivity contribution is -0.143. The number of fused-ring (bicyclic) bond motifs is 1. The second-order valence-electron chi connectivity index (χ2n) is 3.64. The van der Waals surface area contributed by atoms with Crippen LogP contribution in [-0.2, 0) is 16.0 Å². The van der Waals surface area contributed by atoms with E-state index < -0.39 is 11.9 Å². The van der Waals surface area contributed by atoms with Crippen LogP contribution in [0.25, 0.3) is 0 Å². The predicted octanol–water partition coefficient (Wildman–Crippen LogP) is 1.60. The first-order valence-electron chi connectivity index (χ1n) is 4.94. The van der Waals surface area contributed by atoms with Gasteiger partial charge in [-0.25, -0.2) is 0 Å². The monoisotopic (exact) mass is 204 g/mol. The highest BCUT2D eigenvalue weighted by Gasteiger charge is 2.33. The lowest BCUT2D eigenvalue weighted by Crippen LogP contribution is -2.30. The van der Waals surface area contributed by atoms with E-state index >= 15 is 0 Å². The number of ketones is 1. The number of hydrogen-bond donors (Lipinski definition) is 0. The molecule has 0 saturated carbocycles. The Morgan fingerprint density at radius 3 is 2.87 bits per heavy atom. The van der Waals surface area contributed by atoms with Gasteiger partial charge < -0.3 is 4.74 Å². The van der Waals surface area contributed by atoms with Crippen LogP contribution in [0.5, 0.6) is 0 Å². The van der Waals surface area contributed by atoms with Crippen LogP contribution < -0.4 is 0 Å². The van der Waals surface area contributed by atoms with E-state index in [1.54, 1.807) is 6.07 Å². The van der Waals surface area contributed by atoms with Crippen molar-refractivity contribution in [1.82, 2.24) is 0 Å². The van der Waals surface area contributed by atoms with Gasteiger partial charge in [0, 0.05) is 5.56 Å².